The third kappa shape index (κ3) is 2.45. The highest BCUT2D eigenvalue weighted by Gasteiger charge is 2.27. The largest absolute Gasteiger partial charge is 0.329 e. The lowest BCUT2D eigenvalue weighted by molar-refractivity contribution is -0.126. The number of likely N-dealkylation sites (N-methyl/N-ethyl adjacent to an activating group) is 1. The fourth-order valence-corrected chi connectivity index (χ4v) is 2.66. The van der Waals surface area contributed by atoms with Crippen molar-refractivity contribution in [1.29, 1.82) is 0 Å². The molecule has 0 aliphatic carbocycles. The zero-order valence-corrected chi connectivity index (χ0v) is 11.5. The van der Waals surface area contributed by atoms with E-state index in [0.29, 0.717) is 6.54 Å². The molecule has 20 heavy (non-hydrogen) atoms. The summed E-state index contributed by atoms with van der Waals surface area (Å²) in [6.07, 6.45) is 0.917. The van der Waals surface area contributed by atoms with Crippen LogP contribution in [0.5, 0.6) is 0 Å². The molecule has 0 radical (unpaired) electrons. The smallest absolute Gasteiger partial charge is 0.237 e. The van der Waals surface area contributed by atoms with Crippen LogP contribution in [0, 0.1) is 0 Å². The molecular formula is C17H18N2O. The third-order valence-electron chi connectivity index (χ3n) is 3.87. The molecule has 0 aromatic heterocycles. The standard InChI is InChI=1S/C17H18N2O/c1-19-16(18-12-17(19)20)11-14-9-5-6-10-15(14)13-7-3-2-4-8-13/h2-10,16,18H,11-12H2,1H3/t16-/m1/s1. The van der Waals surface area contributed by atoms with E-state index in [1.807, 2.05) is 13.1 Å². The van der Waals surface area contributed by atoms with Crippen LogP contribution >= 0.6 is 0 Å². The summed E-state index contributed by atoms with van der Waals surface area (Å²) < 4.78 is 0. The summed E-state index contributed by atoms with van der Waals surface area (Å²) in [5.41, 5.74) is 3.72. The van der Waals surface area contributed by atoms with Crippen molar-refractivity contribution in [3.63, 3.8) is 0 Å². The van der Waals surface area contributed by atoms with E-state index in [2.05, 4.69) is 53.8 Å². The van der Waals surface area contributed by atoms with Crippen molar-refractivity contribution in [3.8, 4) is 11.1 Å². The van der Waals surface area contributed by atoms with Crippen LogP contribution in [0.15, 0.2) is 54.6 Å². The molecule has 1 atom stereocenters. The van der Waals surface area contributed by atoms with Crippen LogP contribution in [0.2, 0.25) is 0 Å². The van der Waals surface area contributed by atoms with E-state index in [9.17, 15) is 4.79 Å². The van der Waals surface area contributed by atoms with E-state index in [1.54, 1.807) is 4.90 Å². The highest BCUT2D eigenvalue weighted by atomic mass is 16.2. The molecule has 0 saturated carbocycles. The van der Waals surface area contributed by atoms with Gasteiger partial charge in [-0.1, -0.05) is 54.6 Å². The predicted molar refractivity (Wildman–Crippen MR) is 80.1 cm³/mol. The fourth-order valence-electron chi connectivity index (χ4n) is 2.66. The van der Waals surface area contributed by atoms with Crippen molar-refractivity contribution in [3.05, 3.63) is 60.2 Å². The van der Waals surface area contributed by atoms with E-state index >= 15 is 0 Å². The van der Waals surface area contributed by atoms with Crippen LogP contribution in [0.3, 0.4) is 0 Å². The Labute approximate surface area is 119 Å². The zero-order valence-electron chi connectivity index (χ0n) is 11.5. The number of hydrogen-bond donors (Lipinski definition) is 1. The number of amides is 1. The van der Waals surface area contributed by atoms with E-state index in [4.69, 9.17) is 0 Å². The first kappa shape index (κ1) is 12.9. The van der Waals surface area contributed by atoms with Gasteiger partial charge < -0.3 is 4.90 Å². The van der Waals surface area contributed by atoms with Gasteiger partial charge in [0.15, 0.2) is 0 Å². The Bertz CT molecular complexity index is 609. The zero-order chi connectivity index (χ0) is 13.9. The molecule has 2 aromatic rings. The quantitative estimate of drug-likeness (QED) is 0.924. The molecule has 102 valence electrons. The monoisotopic (exact) mass is 266 g/mol. The average Bonchev–Trinajstić information content (AvgIpc) is 2.81. The van der Waals surface area contributed by atoms with Gasteiger partial charge in [-0.15, -0.1) is 0 Å². The van der Waals surface area contributed by atoms with Gasteiger partial charge in [-0.25, -0.2) is 0 Å². The number of carbonyl (C=O) groups is 1. The van der Waals surface area contributed by atoms with E-state index in [-0.39, 0.29) is 12.1 Å². The van der Waals surface area contributed by atoms with Crippen LogP contribution in [0.4, 0.5) is 0 Å². The molecule has 1 fully saturated rings. The van der Waals surface area contributed by atoms with E-state index in [0.717, 1.165) is 6.42 Å². The first-order chi connectivity index (χ1) is 9.75. The summed E-state index contributed by atoms with van der Waals surface area (Å²) in [4.78, 5) is 13.4. The lowest BCUT2D eigenvalue weighted by Crippen LogP contribution is -2.36. The summed E-state index contributed by atoms with van der Waals surface area (Å²) in [5, 5.41) is 3.26. The van der Waals surface area contributed by atoms with Crippen molar-refractivity contribution < 1.29 is 4.79 Å². The number of carbonyl (C=O) groups excluding carboxylic acids is 1. The van der Waals surface area contributed by atoms with Crippen LogP contribution < -0.4 is 5.32 Å². The first-order valence-corrected chi connectivity index (χ1v) is 6.88. The Morgan fingerprint density at radius 2 is 1.80 bits per heavy atom. The highest BCUT2D eigenvalue weighted by molar-refractivity contribution is 5.80. The molecule has 1 N–H and O–H groups in total. The minimum absolute atomic E-state index is 0.0902. The van der Waals surface area contributed by atoms with Gasteiger partial charge in [-0.3, -0.25) is 10.1 Å². The van der Waals surface area contributed by atoms with Gasteiger partial charge in [0.25, 0.3) is 0 Å². The minimum atomic E-state index is 0.0902. The summed E-state index contributed by atoms with van der Waals surface area (Å²) >= 11 is 0. The second-order valence-electron chi connectivity index (χ2n) is 5.13. The molecule has 0 spiro atoms. The normalized spacial score (nSPS) is 18.6. The number of hydrogen-bond acceptors (Lipinski definition) is 2. The lowest BCUT2D eigenvalue weighted by atomic mass is 9.97. The van der Waals surface area contributed by atoms with Crippen LogP contribution in [0.25, 0.3) is 11.1 Å². The molecule has 0 unspecified atom stereocenters. The Morgan fingerprint density at radius 1 is 1.10 bits per heavy atom. The van der Waals surface area contributed by atoms with Gasteiger partial charge in [-0.05, 0) is 16.7 Å². The van der Waals surface area contributed by atoms with Crippen LogP contribution in [-0.2, 0) is 11.2 Å². The molecule has 1 amide bonds. The molecule has 1 aliphatic heterocycles. The number of rotatable bonds is 3. The lowest BCUT2D eigenvalue weighted by Gasteiger charge is -2.21. The molecule has 1 aliphatic rings. The molecular weight excluding hydrogens is 248 g/mol. The first-order valence-electron chi connectivity index (χ1n) is 6.88. The van der Waals surface area contributed by atoms with Crippen molar-refractivity contribution in [2.24, 2.45) is 0 Å². The van der Waals surface area contributed by atoms with Gasteiger partial charge in [0.2, 0.25) is 5.91 Å². The molecule has 3 rings (SSSR count). The predicted octanol–water partition coefficient (Wildman–Crippen LogP) is 2.28. The Balaban J connectivity index is 1.89. The molecule has 3 heteroatoms. The van der Waals surface area contributed by atoms with Crippen LogP contribution in [0.1, 0.15) is 5.56 Å². The summed E-state index contributed by atoms with van der Waals surface area (Å²) in [6.45, 7) is 0.439. The fraction of sp³-hybridized carbons (Fsp3) is 0.235. The topological polar surface area (TPSA) is 32.3 Å². The molecule has 0 bridgehead atoms. The van der Waals surface area contributed by atoms with E-state index in [1.165, 1.54) is 16.7 Å². The Kier molecular flexibility index (Phi) is 3.52. The van der Waals surface area contributed by atoms with Gasteiger partial charge in [0, 0.05) is 13.5 Å². The summed E-state index contributed by atoms with van der Waals surface area (Å²) in [6, 6.07) is 18.8. The third-order valence-corrected chi connectivity index (χ3v) is 3.87. The number of nitrogens with zero attached hydrogens (tertiary/aromatic N) is 1. The van der Waals surface area contributed by atoms with Gasteiger partial charge in [-0.2, -0.15) is 0 Å². The van der Waals surface area contributed by atoms with Crippen molar-refractivity contribution in [2.45, 2.75) is 12.6 Å². The number of nitrogens with one attached hydrogen (secondary N) is 1. The Hall–Kier alpha value is -2.13. The molecule has 1 saturated heterocycles. The maximum absolute atomic E-state index is 11.6. The second-order valence-corrected chi connectivity index (χ2v) is 5.13. The van der Waals surface area contributed by atoms with Gasteiger partial charge in [0.1, 0.15) is 0 Å². The van der Waals surface area contributed by atoms with Gasteiger partial charge in [0.05, 0.1) is 12.7 Å². The summed E-state index contributed by atoms with van der Waals surface area (Å²) in [5.74, 6) is 0.159. The highest BCUT2D eigenvalue weighted by Crippen LogP contribution is 2.25. The van der Waals surface area contributed by atoms with Crippen molar-refractivity contribution >= 4 is 5.91 Å². The molecule has 2 aromatic carbocycles. The van der Waals surface area contributed by atoms with E-state index < -0.39 is 0 Å². The Morgan fingerprint density at radius 3 is 2.50 bits per heavy atom. The SMILES string of the molecule is CN1C(=O)CN[C@H]1Cc1ccccc1-c1ccccc1. The molecule has 1 heterocycles. The maximum atomic E-state index is 11.6. The average molecular weight is 266 g/mol. The summed E-state index contributed by atoms with van der Waals surface area (Å²) in [7, 11) is 1.86. The second kappa shape index (κ2) is 5.47. The van der Waals surface area contributed by atoms with Gasteiger partial charge >= 0.3 is 0 Å². The molecule has 3 nitrogen and oxygen atoms in total. The number of benzene rings is 2. The van der Waals surface area contributed by atoms with Crippen molar-refractivity contribution in [1.82, 2.24) is 10.2 Å². The minimum Gasteiger partial charge on any atom is -0.329 e. The maximum Gasteiger partial charge on any atom is 0.237 e. The van der Waals surface area contributed by atoms with Crippen LogP contribution in [-0.4, -0.2) is 30.6 Å². The van der Waals surface area contributed by atoms with Crippen molar-refractivity contribution in [2.75, 3.05) is 13.6 Å².